The van der Waals surface area contributed by atoms with Crippen molar-refractivity contribution in [1.29, 1.82) is 0 Å². The number of rotatable bonds is 14. The molecule has 2 saturated heterocycles. The standard InChI is InChI=1S/C27H43N5O4/c1-28-27(35)7-6-25(21-34)30(2)19-23-18-24(5-4-22(23)20-33)32-15-13-31(14-16-32)12-3-17-36-26-8-10-29-11-9-26/h4-5,18,20-21,25-26,29H,3,6-17,19H2,1-2H3,(H,28,35). The van der Waals surface area contributed by atoms with Crippen molar-refractivity contribution >= 4 is 24.2 Å². The normalized spacial score (nSPS) is 18.2. The van der Waals surface area contributed by atoms with E-state index in [1.165, 1.54) is 0 Å². The van der Waals surface area contributed by atoms with E-state index < -0.39 is 0 Å². The molecule has 2 aliphatic rings. The van der Waals surface area contributed by atoms with E-state index in [0.29, 0.717) is 31.1 Å². The van der Waals surface area contributed by atoms with Crippen LogP contribution in [0, 0.1) is 0 Å². The number of hydrogen-bond acceptors (Lipinski definition) is 8. The van der Waals surface area contributed by atoms with Crippen molar-refractivity contribution in [3.8, 4) is 0 Å². The van der Waals surface area contributed by atoms with Crippen LogP contribution < -0.4 is 15.5 Å². The minimum absolute atomic E-state index is 0.0840. The number of carbonyl (C=O) groups is 3. The van der Waals surface area contributed by atoms with Gasteiger partial charge in [0.15, 0.2) is 0 Å². The maximum Gasteiger partial charge on any atom is 0.219 e. The SMILES string of the molecule is CNC(=O)CCC(C=O)N(C)Cc1cc(N2CCN(CCCOC3CCNCC3)CC2)ccc1C=O. The lowest BCUT2D eigenvalue weighted by Crippen LogP contribution is -2.46. The Hall–Kier alpha value is -2.33. The summed E-state index contributed by atoms with van der Waals surface area (Å²) in [5, 5.41) is 5.96. The highest BCUT2D eigenvalue weighted by Gasteiger charge is 2.20. The number of benzene rings is 1. The summed E-state index contributed by atoms with van der Waals surface area (Å²) < 4.78 is 6.04. The number of piperidine rings is 1. The summed E-state index contributed by atoms with van der Waals surface area (Å²) in [5.41, 5.74) is 2.63. The Bertz CT molecular complexity index is 837. The number of carbonyl (C=O) groups excluding carboxylic acids is 3. The van der Waals surface area contributed by atoms with Gasteiger partial charge in [-0.1, -0.05) is 0 Å². The molecule has 9 nitrogen and oxygen atoms in total. The van der Waals surface area contributed by atoms with E-state index in [1.807, 2.05) is 24.1 Å². The second kappa shape index (κ2) is 15.0. The predicted molar refractivity (Wildman–Crippen MR) is 142 cm³/mol. The third kappa shape index (κ3) is 8.65. The molecule has 200 valence electrons. The molecule has 1 aromatic rings. The number of hydrogen-bond donors (Lipinski definition) is 2. The van der Waals surface area contributed by atoms with Gasteiger partial charge in [-0.2, -0.15) is 0 Å². The fourth-order valence-electron chi connectivity index (χ4n) is 4.95. The summed E-state index contributed by atoms with van der Waals surface area (Å²) in [7, 11) is 3.45. The summed E-state index contributed by atoms with van der Waals surface area (Å²) in [6.45, 7) is 8.37. The summed E-state index contributed by atoms with van der Waals surface area (Å²) in [6.07, 6.45) is 6.20. The Morgan fingerprint density at radius 1 is 1.22 bits per heavy atom. The first-order chi connectivity index (χ1) is 17.5. The third-order valence-electron chi connectivity index (χ3n) is 7.34. The van der Waals surface area contributed by atoms with Crippen LogP contribution in [-0.4, -0.2) is 107 Å². The molecule has 2 aliphatic heterocycles. The van der Waals surface area contributed by atoms with Gasteiger partial charge >= 0.3 is 0 Å². The monoisotopic (exact) mass is 501 g/mol. The van der Waals surface area contributed by atoms with Gasteiger partial charge in [-0.25, -0.2) is 0 Å². The highest BCUT2D eigenvalue weighted by molar-refractivity contribution is 5.79. The van der Waals surface area contributed by atoms with Gasteiger partial charge in [0.1, 0.15) is 12.6 Å². The first-order valence-electron chi connectivity index (χ1n) is 13.3. The Labute approximate surface area is 215 Å². The Morgan fingerprint density at radius 3 is 2.64 bits per heavy atom. The fraction of sp³-hybridized carbons (Fsp3) is 0.667. The molecule has 1 aromatic carbocycles. The Balaban J connectivity index is 1.48. The summed E-state index contributed by atoms with van der Waals surface area (Å²) in [5.74, 6) is -0.0840. The van der Waals surface area contributed by atoms with Crippen molar-refractivity contribution < 1.29 is 19.1 Å². The average molecular weight is 502 g/mol. The van der Waals surface area contributed by atoms with Crippen LogP contribution >= 0.6 is 0 Å². The lowest BCUT2D eigenvalue weighted by molar-refractivity contribution is -0.121. The number of ether oxygens (including phenoxy) is 1. The van der Waals surface area contributed by atoms with Crippen molar-refractivity contribution in [3.63, 3.8) is 0 Å². The van der Waals surface area contributed by atoms with E-state index in [-0.39, 0.29) is 11.9 Å². The molecule has 0 bridgehead atoms. The van der Waals surface area contributed by atoms with Gasteiger partial charge in [-0.05, 0) is 69.6 Å². The molecule has 3 rings (SSSR count). The van der Waals surface area contributed by atoms with Crippen LogP contribution in [0.3, 0.4) is 0 Å². The minimum Gasteiger partial charge on any atom is -0.378 e. The van der Waals surface area contributed by atoms with E-state index in [1.54, 1.807) is 7.05 Å². The molecule has 1 amide bonds. The lowest BCUT2D eigenvalue weighted by Gasteiger charge is -2.36. The molecule has 9 heteroatoms. The van der Waals surface area contributed by atoms with Crippen molar-refractivity contribution in [2.45, 2.75) is 50.8 Å². The zero-order chi connectivity index (χ0) is 25.8. The number of aldehydes is 2. The van der Waals surface area contributed by atoms with Crippen LogP contribution in [0.25, 0.3) is 0 Å². The fourth-order valence-corrected chi connectivity index (χ4v) is 4.95. The maximum absolute atomic E-state index is 11.7. The van der Waals surface area contributed by atoms with E-state index in [2.05, 4.69) is 26.5 Å². The van der Waals surface area contributed by atoms with Crippen LogP contribution in [0.1, 0.15) is 48.0 Å². The van der Waals surface area contributed by atoms with Crippen LogP contribution in [0.5, 0.6) is 0 Å². The summed E-state index contributed by atoms with van der Waals surface area (Å²) in [4.78, 5) is 41.7. The molecule has 0 spiro atoms. The van der Waals surface area contributed by atoms with Gasteiger partial charge in [0.05, 0.1) is 12.1 Å². The molecule has 2 heterocycles. The number of amides is 1. The summed E-state index contributed by atoms with van der Waals surface area (Å²) in [6, 6.07) is 5.58. The second-order valence-corrected chi connectivity index (χ2v) is 9.83. The number of anilines is 1. The number of likely N-dealkylation sites (N-methyl/N-ethyl adjacent to an activating group) is 1. The second-order valence-electron chi connectivity index (χ2n) is 9.83. The van der Waals surface area contributed by atoms with E-state index in [0.717, 1.165) is 95.5 Å². The van der Waals surface area contributed by atoms with Crippen LogP contribution in [0.4, 0.5) is 5.69 Å². The number of nitrogens with one attached hydrogen (secondary N) is 2. The first kappa shape index (κ1) is 28.2. The van der Waals surface area contributed by atoms with Crippen LogP contribution in [-0.2, 0) is 20.9 Å². The zero-order valence-electron chi connectivity index (χ0n) is 21.9. The highest BCUT2D eigenvalue weighted by atomic mass is 16.5. The molecular weight excluding hydrogens is 458 g/mol. The third-order valence-corrected chi connectivity index (χ3v) is 7.34. The number of piperazine rings is 1. The van der Waals surface area contributed by atoms with Gasteiger partial charge in [0.2, 0.25) is 5.91 Å². The van der Waals surface area contributed by atoms with Crippen molar-refractivity contribution in [3.05, 3.63) is 29.3 Å². The molecule has 36 heavy (non-hydrogen) atoms. The van der Waals surface area contributed by atoms with Gasteiger partial charge in [0, 0.05) is 70.6 Å². The minimum atomic E-state index is -0.382. The molecule has 1 atom stereocenters. The zero-order valence-corrected chi connectivity index (χ0v) is 21.9. The predicted octanol–water partition coefficient (Wildman–Crippen LogP) is 1.31. The molecule has 2 fully saturated rings. The lowest BCUT2D eigenvalue weighted by atomic mass is 10.0. The van der Waals surface area contributed by atoms with Crippen molar-refractivity contribution in [2.24, 2.45) is 0 Å². The molecular formula is C27H43N5O4. The highest BCUT2D eigenvalue weighted by Crippen LogP contribution is 2.22. The van der Waals surface area contributed by atoms with Crippen LogP contribution in [0.2, 0.25) is 0 Å². The van der Waals surface area contributed by atoms with Gasteiger partial charge in [-0.15, -0.1) is 0 Å². The molecule has 2 N–H and O–H groups in total. The Kier molecular flexibility index (Phi) is 11.8. The van der Waals surface area contributed by atoms with E-state index >= 15 is 0 Å². The van der Waals surface area contributed by atoms with Gasteiger partial charge in [0.25, 0.3) is 0 Å². The first-order valence-corrected chi connectivity index (χ1v) is 13.3. The smallest absolute Gasteiger partial charge is 0.219 e. The Morgan fingerprint density at radius 2 is 1.97 bits per heavy atom. The topological polar surface area (TPSA) is 94.2 Å². The molecule has 0 aliphatic carbocycles. The van der Waals surface area contributed by atoms with E-state index in [9.17, 15) is 14.4 Å². The van der Waals surface area contributed by atoms with Gasteiger partial charge in [-0.3, -0.25) is 19.4 Å². The molecule has 0 saturated carbocycles. The average Bonchev–Trinajstić information content (AvgIpc) is 2.92. The molecule has 1 unspecified atom stereocenters. The number of nitrogens with zero attached hydrogens (tertiary/aromatic N) is 3. The maximum atomic E-state index is 11.7. The molecule has 0 aromatic heterocycles. The van der Waals surface area contributed by atoms with Gasteiger partial charge < -0.3 is 25.1 Å². The van der Waals surface area contributed by atoms with Crippen LogP contribution in [0.15, 0.2) is 18.2 Å². The molecule has 0 radical (unpaired) electrons. The van der Waals surface area contributed by atoms with Crippen molar-refractivity contribution in [1.82, 2.24) is 20.4 Å². The quantitative estimate of drug-likeness (QED) is 0.291. The summed E-state index contributed by atoms with van der Waals surface area (Å²) >= 11 is 0. The van der Waals surface area contributed by atoms with E-state index in [4.69, 9.17) is 4.74 Å². The van der Waals surface area contributed by atoms with Crippen molar-refractivity contribution in [2.75, 3.05) is 71.4 Å². The largest absolute Gasteiger partial charge is 0.378 e.